The fourth-order valence-corrected chi connectivity index (χ4v) is 3.90. The topological polar surface area (TPSA) is 89.2 Å². The summed E-state index contributed by atoms with van der Waals surface area (Å²) >= 11 is 0. The van der Waals surface area contributed by atoms with Crippen molar-refractivity contribution in [3.8, 4) is 22.9 Å². The maximum absolute atomic E-state index is 14.2. The molecule has 5 rings (SSSR count). The Morgan fingerprint density at radius 1 is 1.24 bits per heavy atom. The van der Waals surface area contributed by atoms with Crippen LogP contribution in [0.1, 0.15) is 17.0 Å². The monoisotopic (exact) mass is 392 g/mol. The van der Waals surface area contributed by atoms with Crippen molar-refractivity contribution >= 4 is 11.5 Å². The summed E-state index contributed by atoms with van der Waals surface area (Å²) in [7, 11) is 1.79. The van der Waals surface area contributed by atoms with Gasteiger partial charge in [0.25, 0.3) is 0 Å². The predicted molar refractivity (Wildman–Crippen MR) is 109 cm³/mol. The zero-order chi connectivity index (χ0) is 20.1. The second kappa shape index (κ2) is 6.66. The van der Waals surface area contributed by atoms with E-state index in [1.54, 1.807) is 19.3 Å². The van der Waals surface area contributed by atoms with Gasteiger partial charge in [-0.3, -0.25) is 4.98 Å². The number of nitrogens with two attached hydrogens (primary N) is 1. The second-order valence-electron chi connectivity index (χ2n) is 7.46. The highest BCUT2D eigenvalue weighted by Gasteiger charge is 2.34. The van der Waals surface area contributed by atoms with Crippen LogP contribution in [0.5, 0.6) is 11.8 Å². The van der Waals surface area contributed by atoms with Crippen LogP contribution in [0.3, 0.4) is 0 Å². The first-order valence-electron chi connectivity index (χ1n) is 9.54. The van der Waals surface area contributed by atoms with E-state index in [2.05, 4.69) is 25.2 Å². The van der Waals surface area contributed by atoms with Crippen molar-refractivity contribution in [2.24, 2.45) is 5.73 Å². The molecule has 148 valence electrons. The number of aryl methyl sites for hydroxylation is 1. The Hall–Kier alpha value is -3.26. The van der Waals surface area contributed by atoms with Crippen molar-refractivity contribution in [3.63, 3.8) is 0 Å². The lowest BCUT2D eigenvalue weighted by molar-refractivity contribution is 0.434. The quantitative estimate of drug-likeness (QED) is 0.552. The number of hydrogen-bond acceptors (Lipinski definition) is 7. The summed E-state index contributed by atoms with van der Waals surface area (Å²) in [5, 5.41) is 3.09. The summed E-state index contributed by atoms with van der Waals surface area (Å²) in [6.45, 7) is 3.30. The van der Waals surface area contributed by atoms with Crippen LogP contribution in [-0.2, 0) is 6.42 Å². The van der Waals surface area contributed by atoms with Gasteiger partial charge in [-0.25, -0.2) is 4.39 Å². The smallest absolute Gasteiger partial charge is 0.324 e. The van der Waals surface area contributed by atoms with E-state index in [1.807, 2.05) is 19.1 Å². The number of hydrogen-bond donors (Lipinski definition) is 2. The maximum Gasteiger partial charge on any atom is 0.324 e. The molecule has 1 aliphatic carbocycles. The zero-order valence-electron chi connectivity index (χ0n) is 16.2. The van der Waals surface area contributed by atoms with Crippen LogP contribution in [0.25, 0.3) is 11.1 Å². The van der Waals surface area contributed by atoms with Crippen LogP contribution < -0.4 is 20.7 Å². The molecule has 0 unspecified atom stereocenters. The number of rotatable bonds is 4. The highest BCUT2D eigenvalue weighted by molar-refractivity contribution is 5.88. The summed E-state index contributed by atoms with van der Waals surface area (Å²) in [4.78, 5) is 15.6. The number of benzene rings is 1. The first-order valence-corrected chi connectivity index (χ1v) is 9.54. The Bertz CT molecular complexity index is 1100. The van der Waals surface area contributed by atoms with Crippen LogP contribution in [0.2, 0.25) is 0 Å². The fourth-order valence-electron chi connectivity index (χ4n) is 3.90. The van der Waals surface area contributed by atoms with Gasteiger partial charge in [-0.15, -0.1) is 0 Å². The molecule has 1 saturated heterocycles. The van der Waals surface area contributed by atoms with E-state index in [1.165, 1.54) is 6.07 Å². The van der Waals surface area contributed by atoms with Crippen LogP contribution in [0.4, 0.5) is 15.9 Å². The first-order chi connectivity index (χ1) is 14.0. The average Bonchev–Trinajstić information content (AvgIpc) is 3.04. The number of nitrogens with zero attached hydrogens (tertiary/aromatic N) is 4. The van der Waals surface area contributed by atoms with Crippen molar-refractivity contribution < 1.29 is 9.13 Å². The Kier molecular flexibility index (Phi) is 4.09. The minimum Gasteiger partial charge on any atom is -0.423 e. The molecule has 0 atom stereocenters. The second-order valence-corrected chi connectivity index (χ2v) is 7.46. The summed E-state index contributed by atoms with van der Waals surface area (Å²) in [6.07, 6.45) is 2.23. The summed E-state index contributed by atoms with van der Waals surface area (Å²) in [6, 6.07) is 7.12. The maximum atomic E-state index is 14.2. The normalized spacial score (nSPS) is 15.0. The van der Waals surface area contributed by atoms with Crippen molar-refractivity contribution in [2.75, 3.05) is 30.4 Å². The standard InChI is InChI=1S/C21H21FN6O/c1-11-3-4-14(8-25-11)29-21-26-18-7-15-16(5-12(22)6-17(15)24-2)19(18)20(27-21)28-9-13(23)10-28/h3-6,8,13,24H,7,9-10,23H2,1-2H3. The van der Waals surface area contributed by atoms with Gasteiger partial charge in [-0.2, -0.15) is 9.97 Å². The molecule has 3 N–H and O–H groups in total. The van der Waals surface area contributed by atoms with Crippen LogP contribution in [0, 0.1) is 12.7 Å². The Balaban J connectivity index is 1.61. The van der Waals surface area contributed by atoms with Gasteiger partial charge in [-0.1, -0.05) is 0 Å². The van der Waals surface area contributed by atoms with Gasteiger partial charge < -0.3 is 20.7 Å². The molecule has 7 nitrogen and oxygen atoms in total. The highest BCUT2D eigenvalue weighted by Crippen LogP contribution is 2.46. The van der Waals surface area contributed by atoms with E-state index in [0.717, 1.165) is 39.6 Å². The van der Waals surface area contributed by atoms with Gasteiger partial charge in [0.05, 0.1) is 11.9 Å². The van der Waals surface area contributed by atoms with Crippen LogP contribution >= 0.6 is 0 Å². The molecule has 1 aliphatic heterocycles. The number of halogens is 1. The van der Waals surface area contributed by atoms with E-state index in [9.17, 15) is 4.39 Å². The molecule has 29 heavy (non-hydrogen) atoms. The summed E-state index contributed by atoms with van der Waals surface area (Å²) < 4.78 is 20.1. The molecular weight excluding hydrogens is 371 g/mol. The van der Waals surface area contributed by atoms with Crippen molar-refractivity contribution in [3.05, 3.63) is 53.2 Å². The molecule has 0 spiro atoms. The average molecular weight is 392 g/mol. The zero-order valence-corrected chi connectivity index (χ0v) is 16.2. The fraction of sp³-hybridized carbons (Fsp3) is 0.286. The molecule has 2 aromatic heterocycles. The van der Waals surface area contributed by atoms with Crippen molar-refractivity contribution in [1.29, 1.82) is 0 Å². The molecule has 3 heterocycles. The SMILES string of the molecule is CNc1cc(F)cc2c1Cc1nc(Oc3ccc(C)nc3)nc(N3CC(N)C3)c1-2. The lowest BCUT2D eigenvalue weighted by atomic mass is 10.0. The van der Waals surface area contributed by atoms with E-state index in [0.29, 0.717) is 25.3 Å². The van der Waals surface area contributed by atoms with Gasteiger partial charge in [0.2, 0.25) is 0 Å². The van der Waals surface area contributed by atoms with Crippen LogP contribution in [-0.4, -0.2) is 41.1 Å². The first kappa shape index (κ1) is 17.8. The molecule has 0 amide bonds. The molecule has 0 radical (unpaired) electrons. The number of anilines is 2. The number of pyridine rings is 1. The van der Waals surface area contributed by atoms with E-state index in [-0.39, 0.29) is 17.9 Å². The third-order valence-electron chi connectivity index (χ3n) is 5.34. The number of ether oxygens (including phenoxy) is 1. The lowest BCUT2D eigenvalue weighted by Crippen LogP contribution is -2.56. The molecule has 0 saturated carbocycles. The van der Waals surface area contributed by atoms with Gasteiger partial charge in [0.1, 0.15) is 17.4 Å². The summed E-state index contributed by atoms with van der Waals surface area (Å²) in [5.41, 5.74) is 11.2. The highest BCUT2D eigenvalue weighted by atomic mass is 19.1. The number of nitrogens with one attached hydrogen (secondary N) is 1. The van der Waals surface area contributed by atoms with E-state index >= 15 is 0 Å². The molecule has 8 heteroatoms. The number of aromatic nitrogens is 3. The van der Waals surface area contributed by atoms with Gasteiger partial charge in [0, 0.05) is 49.5 Å². The largest absolute Gasteiger partial charge is 0.423 e. The lowest BCUT2D eigenvalue weighted by Gasteiger charge is -2.38. The Morgan fingerprint density at radius 2 is 2.07 bits per heavy atom. The Morgan fingerprint density at radius 3 is 2.76 bits per heavy atom. The molecule has 2 aliphatic rings. The molecule has 1 aromatic carbocycles. The number of fused-ring (bicyclic) bond motifs is 3. The predicted octanol–water partition coefficient (Wildman–Crippen LogP) is 2.87. The molecule has 3 aromatic rings. The van der Waals surface area contributed by atoms with Crippen molar-refractivity contribution in [2.45, 2.75) is 19.4 Å². The minimum atomic E-state index is -0.293. The molecular formula is C21H21FN6O. The third kappa shape index (κ3) is 3.05. The van der Waals surface area contributed by atoms with E-state index < -0.39 is 0 Å². The van der Waals surface area contributed by atoms with Crippen LogP contribution in [0.15, 0.2) is 30.5 Å². The molecule has 0 bridgehead atoms. The Labute approximate surface area is 167 Å². The molecule has 1 fully saturated rings. The van der Waals surface area contributed by atoms with E-state index in [4.69, 9.17) is 10.5 Å². The van der Waals surface area contributed by atoms with Gasteiger partial charge in [0.15, 0.2) is 0 Å². The third-order valence-corrected chi connectivity index (χ3v) is 5.34. The van der Waals surface area contributed by atoms with Crippen molar-refractivity contribution in [1.82, 2.24) is 15.0 Å². The van der Waals surface area contributed by atoms with Gasteiger partial charge in [-0.05, 0) is 42.3 Å². The van der Waals surface area contributed by atoms with Gasteiger partial charge >= 0.3 is 6.01 Å². The summed E-state index contributed by atoms with van der Waals surface area (Å²) in [5.74, 6) is 1.01. The minimum absolute atomic E-state index is 0.104.